The molecular formula is C6H15IN2O2S. The Hall–Kier alpha value is 0.340. The van der Waals surface area contributed by atoms with Crippen molar-refractivity contribution in [3.63, 3.8) is 0 Å². The first kappa shape index (κ1) is 14.8. The summed E-state index contributed by atoms with van der Waals surface area (Å²) in [5, 5.41) is 2.76. The number of hydrogen-bond acceptors (Lipinski definition) is 2. The Morgan fingerprint density at radius 3 is 2.00 bits per heavy atom. The SMILES string of the molecule is CC(NC=S(=O)=O)[N+](C)(C)C.[I-]. The van der Waals surface area contributed by atoms with Gasteiger partial charge in [-0.05, 0) is 0 Å². The Bertz CT molecular complexity index is 235. The molecule has 0 rings (SSSR count). The molecule has 0 bridgehead atoms. The molecule has 1 N–H and O–H groups in total. The van der Waals surface area contributed by atoms with Gasteiger partial charge < -0.3 is 28.5 Å². The topological polar surface area (TPSA) is 46.2 Å². The Balaban J connectivity index is 0. The minimum Gasteiger partial charge on any atom is -1.00 e. The molecule has 0 amide bonds. The van der Waals surface area contributed by atoms with Crippen LogP contribution in [-0.2, 0) is 10.3 Å². The van der Waals surface area contributed by atoms with E-state index in [0.29, 0.717) is 4.48 Å². The number of nitrogens with one attached hydrogen (secondary N) is 1. The summed E-state index contributed by atoms with van der Waals surface area (Å²) in [6.45, 7) is 1.92. The normalized spacial score (nSPS) is 13.0. The van der Waals surface area contributed by atoms with Crippen LogP contribution in [0.3, 0.4) is 0 Å². The molecule has 6 heteroatoms. The maximum Gasteiger partial charge on any atom is 0.225 e. The minimum absolute atomic E-state index is 0. The second-order valence-electron chi connectivity index (χ2n) is 3.34. The molecule has 0 aliphatic rings. The molecule has 0 aromatic heterocycles. The van der Waals surface area contributed by atoms with Crippen molar-refractivity contribution in [2.75, 3.05) is 21.1 Å². The molecule has 0 saturated heterocycles. The summed E-state index contributed by atoms with van der Waals surface area (Å²) in [6.07, 6.45) is 0.0906. The number of quaternary nitrogens is 1. The van der Waals surface area contributed by atoms with Gasteiger partial charge in [0.1, 0.15) is 11.7 Å². The zero-order valence-corrected chi connectivity index (χ0v) is 10.7. The summed E-state index contributed by atoms with van der Waals surface area (Å²) in [5.41, 5.74) is 1.06. The third-order valence-corrected chi connectivity index (χ3v) is 1.90. The highest BCUT2D eigenvalue weighted by molar-refractivity contribution is 7.71. The van der Waals surface area contributed by atoms with Crippen molar-refractivity contribution < 1.29 is 36.9 Å². The Morgan fingerprint density at radius 1 is 1.33 bits per heavy atom. The van der Waals surface area contributed by atoms with E-state index in [9.17, 15) is 8.42 Å². The lowest BCUT2D eigenvalue weighted by Gasteiger charge is -2.30. The van der Waals surface area contributed by atoms with Gasteiger partial charge in [0.05, 0.1) is 21.1 Å². The molecule has 0 saturated carbocycles. The molecule has 4 nitrogen and oxygen atoms in total. The highest BCUT2D eigenvalue weighted by atomic mass is 127. The van der Waals surface area contributed by atoms with E-state index in [1.807, 2.05) is 28.1 Å². The summed E-state index contributed by atoms with van der Waals surface area (Å²) >= 11 is 0. The summed E-state index contributed by atoms with van der Waals surface area (Å²) in [7, 11) is 3.84. The average molecular weight is 306 g/mol. The predicted octanol–water partition coefficient (Wildman–Crippen LogP) is -3.73. The fourth-order valence-corrected chi connectivity index (χ4v) is 0.686. The maximum atomic E-state index is 10.1. The first-order chi connectivity index (χ1) is 4.84. The van der Waals surface area contributed by atoms with Crippen LogP contribution in [-0.4, -0.2) is 45.7 Å². The van der Waals surface area contributed by atoms with Crippen LogP contribution in [0.5, 0.6) is 0 Å². The molecule has 0 aliphatic carbocycles. The fourth-order valence-electron chi connectivity index (χ4n) is 0.378. The summed E-state index contributed by atoms with van der Waals surface area (Å²) in [4.78, 5) is 0. The van der Waals surface area contributed by atoms with Crippen LogP contribution in [0, 0.1) is 0 Å². The minimum atomic E-state index is -2.12. The first-order valence-electron chi connectivity index (χ1n) is 3.32. The molecule has 0 radical (unpaired) electrons. The van der Waals surface area contributed by atoms with Crippen LogP contribution in [0.1, 0.15) is 6.92 Å². The molecule has 0 aromatic carbocycles. The van der Waals surface area contributed by atoms with Gasteiger partial charge in [-0.25, -0.2) is 5.32 Å². The number of halogens is 1. The number of rotatable bonds is 3. The second kappa shape index (κ2) is 5.90. The van der Waals surface area contributed by atoms with Crippen molar-refractivity contribution in [1.82, 2.24) is 5.32 Å². The van der Waals surface area contributed by atoms with Crippen LogP contribution < -0.4 is 29.3 Å². The fraction of sp³-hybridized carbons (Fsp3) is 0.833. The zero-order valence-electron chi connectivity index (χ0n) is 7.70. The van der Waals surface area contributed by atoms with E-state index >= 15 is 0 Å². The molecule has 0 fully saturated rings. The van der Waals surface area contributed by atoms with Crippen LogP contribution in [0.2, 0.25) is 0 Å². The molecule has 1 atom stereocenters. The van der Waals surface area contributed by atoms with Gasteiger partial charge in [-0.2, -0.15) is 8.42 Å². The van der Waals surface area contributed by atoms with Crippen molar-refractivity contribution in [3.05, 3.63) is 0 Å². The number of nitrogens with zero attached hydrogens (tertiary/aromatic N) is 1. The van der Waals surface area contributed by atoms with Crippen molar-refractivity contribution in [1.29, 1.82) is 0 Å². The van der Waals surface area contributed by atoms with Gasteiger partial charge in [0, 0.05) is 6.92 Å². The van der Waals surface area contributed by atoms with E-state index in [4.69, 9.17) is 0 Å². The van der Waals surface area contributed by atoms with Gasteiger partial charge >= 0.3 is 0 Å². The van der Waals surface area contributed by atoms with E-state index < -0.39 is 10.3 Å². The van der Waals surface area contributed by atoms with Crippen molar-refractivity contribution in [2.45, 2.75) is 13.1 Å². The largest absolute Gasteiger partial charge is 1.00 e. The third-order valence-electron chi connectivity index (χ3n) is 1.57. The standard InChI is InChI=1S/C6H15N2O2S.HI/c1-6(8(2,3)4)7-5-11(9)10;/h5-7H,1-4H3;1H/q+1;/p-1. The molecular weight excluding hydrogens is 291 g/mol. The van der Waals surface area contributed by atoms with Crippen LogP contribution >= 0.6 is 0 Å². The maximum absolute atomic E-state index is 10.1. The summed E-state index contributed by atoms with van der Waals surface area (Å²) in [5.74, 6) is 0. The number of hydrogen-bond donors (Lipinski definition) is 1. The van der Waals surface area contributed by atoms with Crippen molar-refractivity contribution >= 4 is 15.8 Å². The molecule has 0 aromatic rings. The Kier molecular flexibility index (Phi) is 7.29. The molecule has 0 heterocycles. The lowest BCUT2D eigenvalue weighted by molar-refractivity contribution is -0.896. The van der Waals surface area contributed by atoms with Gasteiger partial charge in [-0.3, -0.25) is 0 Å². The van der Waals surface area contributed by atoms with E-state index in [1.165, 1.54) is 0 Å². The van der Waals surface area contributed by atoms with E-state index in [1.54, 1.807) is 0 Å². The Morgan fingerprint density at radius 2 is 1.75 bits per heavy atom. The highest BCUT2D eigenvalue weighted by Crippen LogP contribution is 1.95. The van der Waals surface area contributed by atoms with Crippen LogP contribution in [0.4, 0.5) is 0 Å². The summed E-state index contributed by atoms with van der Waals surface area (Å²) in [6, 6.07) is 0. The van der Waals surface area contributed by atoms with E-state index in [0.717, 1.165) is 5.49 Å². The quantitative estimate of drug-likeness (QED) is 0.252. The molecule has 74 valence electrons. The van der Waals surface area contributed by atoms with Crippen LogP contribution in [0.15, 0.2) is 0 Å². The monoisotopic (exact) mass is 306 g/mol. The predicted molar refractivity (Wildman–Crippen MR) is 45.6 cm³/mol. The average Bonchev–Trinajstić information content (AvgIpc) is 1.80. The molecule has 0 spiro atoms. The van der Waals surface area contributed by atoms with Gasteiger partial charge in [0.2, 0.25) is 10.3 Å². The first-order valence-corrected chi connectivity index (χ1v) is 4.46. The molecule has 0 aliphatic heterocycles. The van der Waals surface area contributed by atoms with Crippen LogP contribution in [0.25, 0.3) is 0 Å². The highest BCUT2D eigenvalue weighted by Gasteiger charge is 2.15. The lowest BCUT2D eigenvalue weighted by atomic mass is 10.4. The van der Waals surface area contributed by atoms with Gasteiger partial charge in [-0.15, -0.1) is 0 Å². The molecule has 1 unspecified atom stereocenters. The van der Waals surface area contributed by atoms with Gasteiger partial charge in [0.15, 0.2) is 0 Å². The van der Waals surface area contributed by atoms with Crippen molar-refractivity contribution in [2.24, 2.45) is 0 Å². The van der Waals surface area contributed by atoms with Crippen molar-refractivity contribution in [3.8, 4) is 0 Å². The lowest BCUT2D eigenvalue weighted by Crippen LogP contribution is -3.00. The third kappa shape index (κ3) is 7.01. The van der Waals surface area contributed by atoms with E-state index in [-0.39, 0.29) is 30.1 Å². The summed E-state index contributed by atoms with van der Waals surface area (Å²) < 4.78 is 20.9. The Labute approximate surface area is 92.1 Å². The second-order valence-corrected chi connectivity index (χ2v) is 4.09. The smallest absolute Gasteiger partial charge is 0.225 e. The van der Waals surface area contributed by atoms with E-state index in [2.05, 4.69) is 5.32 Å². The van der Waals surface area contributed by atoms with Gasteiger partial charge in [-0.1, -0.05) is 0 Å². The molecule has 12 heavy (non-hydrogen) atoms. The van der Waals surface area contributed by atoms with Gasteiger partial charge in [0.25, 0.3) is 0 Å². The zero-order chi connectivity index (χ0) is 9.07.